The first-order chi connectivity index (χ1) is 11.0. The second-order valence-electron chi connectivity index (χ2n) is 6.96. The fraction of sp³-hybridized carbons (Fsp3) is 0.471. The Labute approximate surface area is 143 Å². The summed E-state index contributed by atoms with van der Waals surface area (Å²) in [6, 6.07) is 7.27. The zero-order valence-corrected chi connectivity index (χ0v) is 15.3. The molecule has 7 heteroatoms. The van der Waals surface area contributed by atoms with E-state index in [2.05, 4.69) is 4.72 Å². The van der Waals surface area contributed by atoms with Gasteiger partial charge < -0.3 is 9.64 Å². The summed E-state index contributed by atoms with van der Waals surface area (Å²) in [6.45, 7) is 7.97. The number of rotatable bonds is 4. The second kappa shape index (κ2) is 6.94. The van der Waals surface area contributed by atoms with E-state index in [0.717, 1.165) is 16.5 Å². The maximum atomic E-state index is 12.0. The average molecular weight is 352 g/mol. The molecule has 0 aromatic heterocycles. The van der Waals surface area contributed by atoms with Crippen LogP contribution in [0.5, 0.6) is 0 Å². The first kappa shape index (κ1) is 18.5. The van der Waals surface area contributed by atoms with Crippen molar-refractivity contribution in [2.75, 3.05) is 13.1 Å². The van der Waals surface area contributed by atoms with Gasteiger partial charge in [0.25, 0.3) is 0 Å². The van der Waals surface area contributed by atoms with E-state index in [4.69, 9.17) is 4.74 Å². The van der Waals surface area contributed by atoms with Gasteiger partial charge in [0.05, 0.1) is 6.04 Å². The van der Waals surface area contributed by atoms with Gasteiger partial charge in [-0.15, -0.1) is 0 Å². The van der Waals surface area contributed by atoms with Crippen LogP contribution in [-0.4, -0.2) is 44.1 Å². The molecule has 1 aromatic carbocycles. The number of ether oxygens (including phenoxy) is 1. The quantitative estimate of drug-likeness (QED) is 0.903. The van der Waals surface area contributed by atoms with Gasteiger partial charge in [-0.25, -0.2) is 17.9 Å². The highest BCUT2D eigenvalue weighted by molar-refractivity contribution is 7.92. The minimum atomic E-state index is -3.54. The summed E-state index contributed by atoms with van der Waals surface area (Å²) in [4.78, 5) is 13.3. The molecule has 24 heavy (non-hydrogen) atoms. The molecule has 2 rings (SSSR count). The maximum Gasteiger partial charge on any atom is 0.410 e. The Morgan fingerprint density at radius 2 is 1.83 bits per heavy atom. The van der Waals surface area contributed by atoms with Crippen molar-refractivity contribution in [1.82, 2.24) is 9.62 Å². The monoisotopic (exact) mass is 352 g/mol. The summed E-state index contributed by atoms with van der Waals surface area (Å²) >= 11 is 0. The van der Waals surface area contributed by atoms with Gasteiger partial charge >= 0.3 is 6.09 Å². The van der Waals surface area contributed by atoms with E-state index in [-0.39, 0.29) is 6.04 Å². The topological polar surface area (TPSA) is 75.7 Å². The molecule has 132 valence electrons. The van der Waals surface area contributed by atoms with Crippen molar-refractivity contribution >= 4 is 22.2 Å². The standard InChI is InChI=1S/C17H24N2O4S/c1-13-5-7-14(8-6-13)9-10-24(21,22)18-15-11-19(12-15)16(20)23-17(2,3)4/h5-10,15,18H,11-12H2,1-4H3/b10-9+. The van der Waals surface area contributed by atoms with Crippen LogP contribution in [0.4, 0.5) is 4.79 Å². The Hall–Kier alpha value is -1.86. The number of carbonyl (C=O) groups excluding carboxylic acids is 1. The molecule has 1 aliphatic heterocycles. The van der Waals surface area contributed by atoms with E-state index < -0.39 is 21.7 Å². The van der Waals surface area contributed by atoms with Crippen molar-refractivity contribution in [2.45, 2.75) is 39.3 Å². The van der Waals surface area contributed by atoms with Crippen LogP contribution in [-0.2, 0) is 14.8 Å². The predicted octanol–water partition coefficient (Wildman–Crippen LogP) is 2.50. The Morgan fingerprint density at radius 3 is 2.38 bits per heavy atom. The van der Waals surface area contributed by atoms with Crippen LogP contribution in [0, 0.1) is 6.92 Å². The lowest BCUT2D eigenvalue weighted by Crippen LogP contribution is -2.61. The average Bonchev–Trinajstić information content (AvgIpc) is 2.40. The molecule has 0 aliphatic carbocycles. The van der Waals surface area contributed by atoms with Crippen LogP contribution in [0.15, 0.2) is 29.7 Å². The van der Waals surface area contributed by atoms with Crippen LogP contribution in [0.25, 0.3) is 6.08 Å². The molecule has 1 amide bonds. The molecular weight excluding hydrogens is 328 g/mol. The van der Waals surface area contributed by atoms with E-state index in [1.54, 1.807) is 26.8 Å². The third kappa shape index (κ3) is 5.65. The first-order valence-electron chi connectivity index (χ1n) is 7.79. The highest BCUT2D eigenvalue weighted by Gasteiger charge is 2.35. The van der Waals surface area contributed by atoms with Gasteiger partial charge in [-0.2, -0.15) is 0 Å². The number of nitrogens with zero attached hydrogens (tertiary/aromatic N) is 1. The van der Waals surface area contributed by atoms with Gasteiger partial charge in [0.1, 0.15) is 5.60 Å². The molecule has 1 saturated heterocycles. The minimum absolute atomic E-state index is 0.287. The minimum Gasteiger partial charge on any atom is -0.444 e. The number of carbonyl (C=O) groups is 1. The number of hydrogen-bond acceptors (Lipinski definition) is 4. The van der Waals surface area contributed by atoms with Crippen molar-refractivity contribution < 1.29 is 17.9 Å². The van der Waals surface area contributed by atoms with Crippen molar-refractivity contribution in [3.8, 4) is 0 Å². The zero-order valence-electron chi connectivity index (χ0n) is 14.4. The molecule has 6 nitrogen and oxygen atoms in total. The molecule has 0 atom stereocenters. The van der Waals surface area contributed by atoms with Crippen molar-refractivity contribution in [3.05, 3.63) is 40.8 Å². The van der Waals surface area contributed by atoms with Crippen molar-refractivity contribution in [1.29, 1.82) is 0 Å². The summed E-state index contributed by atoms with van der Waals surface area (Å²) in [7, 11) is -3.54. The Bertz CT molecular complexity index is 712. The SMILES string of the molecule is Cc1ccc(/C=C/S(=O)(=O)NC2CN(C(=O)OC(C)(C)C)C2)cc1. The van der Waals surface area contributed by atoms with Gasteiger partial charge in [0.2, 0.25) is 10.0 Å². The molecule has 0 saturated carbocycles. The summed E-state index contributed by atoms with van der Waals surface area (Å²) in [5.41, 5.74) is 1.37. The lowest BCUT2D eigenvalue weighted by molar-refractivity contribution is 0.00741. The van der Waals surface area contributed by atoms with Gasteiger partial charge in [0.15, 0.2) is 0 Å². The van der Waals surface area contributed by atoms with Crippen molar-refractivity contribution in [2.24, 2.45) is 0 Å². The Balaban J connectivity index is 1.84. The number of nitrogens with one attached hydrogen (secondary N) is 1. The fourth-order valence-corrected chi connectivity index (χ4v) is 3.17. The Morgan fingerprint density at radius 1 is 1.25 bits per heavy atom. The molecule has 0 spiro atoms. The lowest BCUT2D eigenvalue weighted by Gasteiger charge is -2.39. The molecule has 1 heterocycles. The van der Waals surface area contributed by atoms with Crippen LogP contribution in [0.1, 0.15) is 31.9 Å². The molecule has 1 aliphatic rings. The van der Waals surface area contributed by atoms with E-state index in [9.17, 15) is 13.2 Å². The predicted molar refractivity (Wildman–Crippen MR) is 93.9 cm³/mol. The maximum absolute atomic E-state index is 12.0. The summed E-state index contributed by atoms with van der Waals surface area (Å²) in [5.74, 6) is 0. The van der Waals surface area contributed by atoms with Crippen molar-refractivity contribution in [3.63, 3.8) is 0 Å². The summed E-state index contributed by atoms with van der Waals surface area (Å²) in [6.07, 6.45) is 1.12. The van der Waals surface area contributed by atoms with Crippen LogP contribution >= 0.6 is 0 Å². The number of sulfonamides is 1. The normalized spacial score (nSPS) is 16.2. The molecule has 0 radical (unpaired) electrons. The summed E-state index contributed by atoms with van der Waals surface area (Å²) in [5, 5.41) is 1.15. The van der Waals surface area contributed by atoms with E-state index in [1.165, 1.54) is 4.90 Å². The molecular formula is C17H24N2O4S. The molecule has 1 aromatic rings. The molecule has 1 N–H and O–H groups in total. The zero-order chi connectivity index (χ0) is 18.0. The highest BCUT2D eigenvalue weighted by Crippen LogP contribution is 2.16. The second-order valence-corrected chi connectivity index (χ2v) is 8.56. The first-order valence-corrected chi connectivity index (χ1v) is 9.34. The largest absolute Gasteiger partial charge is 0.444 e. The number of benzene rings is 1. The van der Waals surface area contributed by atoms with Gasteiger partial charge in [0, 0.05) is 18.5 Å². The number of likely N-dealkylation sites (tertiary alicyclic amines) is 1. The van der Waals surface area contributed by atoms with Crippen LogP contribution in [0.2, 0.25) is 0 Å². The van der Waals surface area contributed by atoms with E-state index in [0.29, 0.717) is 13.1 Å². The molecule has 0 bridgehead atoms. The highest BCUT2D eigenvalue weighted by atomic mass is 32.2. The van der Waals surface area contributed by atoms with E-state index >= 15 is 0 Å². The van der Waals surface area contributed by atoms with Gasteiger partial charge in [-0.3, -0.25) is 0 Å². The third-order valence-electron chi connectivity index (χ3n) is 3.38. The van der Waals surface area contributed by atoms with Crippen LogP contribution in [0.3, 0.4) is 0 Å². The van der Waals surface area contributed by atoms with E-state index in [1.807, 2.05) is 31.2 Å². The smallest absolute Gasteiger partial charge is 0.410 e. The van der Waals surface area contributed by atoms with Crippen LogP contribution < -0.4 is 4.72 Å². The fourth-order valence-electron chi connectivity index (χ4n) is 2.15. The van der Waals surface area contributed by atoms with Gasteiger partial charge in [-0.1, -0.05) is 29.8 Å². The Kier molecular flexibility index (Phi) is 5.35. The summed E-state index contributed by atoms with van der Waals surface area (Å²) < 4.78 is 31.9. The lowest BCUT2D eigenvalue weighted by atomic mass is 10.1. The number of hydrogen-bond donors (Lipinski definition) is 1. The molecule has 1 fully saturated rings. The van der Waals surface area contributed by atoms with Gasteiger partial charge in [-0.05, 0) is 39.3 Å². The number of amides is 1. The number of aryl methyl sites for hydroxylation is 1. The molecule has 0 unspecified atom stereocenters. The third-order valence-corrected chi connectivity index (χ3v) is 4.54.